The standard InChI is InChI=1S/C8H9F3N6/c1-12-7-15-5(13-3-8(9,10)11)4-2-14-17-6(4)16-7/h2H,3H2,1H3,(H3,12,13,14,15,16,17). The maximum atomic E-state index is 12.1. The Kier molecular flexibility index (Phi) is 2.74. The van der Waals surface area contributed by atoms with Gasteiger partial charge in [0.25, 0.3) is 0 Å². The van der Waals surface area contributed by atoms with Gasteiger partial charge in [-0.05, 0) is 0 Å². The molecule has 0 aromatic carbocycles. The number of hydrogen-bond donors (Lipinski definition) is 3. The molecule has 0 aliphatic heterocycles. The van der Waals surface area contributed by atoms with Gasteiger partial charge < -0.3 is 10.6 Å². The molecule has 0 aliphatic carbocycles. The van der Waals surface area contributed by atoms with Crippen LogP contribution in [0.15, 0.2) is 6.20 Å². The zero-order chi connectivity index (χ0) is 12.5. The van der Waals surface area contributed by atoms with Crippen LogP contribution in [0.2, 0.25) is 0 Å². The Bertz CT molecular complexity index is 519. The molecular weight excluding hydrogens is 237 g/mol. The number of aromatic amines is 1. The fraction of sp³-hybridized carbons (Fsp3) is 0.375. The summed E-state index contributed by atoms with van der Waals surface area (Å²) in [6.07, 6.45) is -2.94. The minimum Gasteiger partial charge on any atom is -0.360 e. The molecule has 92 valence electrons. The molecule has 0 saturated heterocycles. The number of aromatic nitrogens is 4. The minimum atomic E-state index is -4.30. The average molecular weight is 246 g/mol. The van der Waals surface area contributed by atoms with E-state index in [0.29, 0.717) is 11.0 Å². The third-order valence-corrected chi connectivity index (χ3v) is 1.99. The SMILES string of the molecule is CNc1nc(NCC(F)(F)F)c2cn[nH]c2n1. The predicted octanol–water partition coefficient (Wildman–Crippen LogP) is 1.37. The van der Waals surface area contributed by atoms with Crippen molar-refractivity contribution in [3.05, 3.63) is 6.20 Å². The molecular formula is C8H9F3N6. The summed E-state index contributed by atoms with van der Waals surface area (Å²) in [5, 5.41) is 11.6. The Hall–Kier alpha value is -2.06. The smallest absolute Gasteiger partial charge is 0.360 e. The zero-order valence-corrected chi connectivity index (χ0v) is 8.76. The normalized spacial score (nSPS) is 11.8. The Balaban J connectivity index is 2.34. The van der Waals surface area contributed by atoms with Crippen LogP contribution in [-0.2, 0) is 0 Å². The van der Waals surface area contributed by atoms with Crippen molar-refractivity contribution < 1.29 is 13.2 Å². The number of H-pyrrole nitrogens is 1. The molecule has 2 aromatic rings. The molecule has 0 fully saturated rings. The molecule has 2 aromatic heterocycles. The van der Waals surface area contributed by atoms with Crippen LogP contribution in [0, 0.1) is 0 Å². The number of nitrogens with one attached hydrogen (secondary N) is 3. The Morgan fingerprint density at radius 1 is 1.35 bits per heavy atom. The number of alkyl halides is 3. The first-order valence-corrected chi connectivity index (χ1v) is 4.69. The van der Waals surface area contributed by atoms with Gasteiger partial charge in [-0.1, -0.05) is 0 Å². The molecule has 0 aliphatic rings. The van der Waals surface area contributed by atoms with Crippen molar-refractivity contribution >= 4 is 22.8 Å². The van der Waals surface area contributed by atoms with Crippen LogP contribution in [0.5, 0.6) is 0 Å². The van der Waals surface area contributed by atoms with Gasteiger partial charge in [-0.15, -0.1) is 0 Å². The first kappa shape index (κ1) is 11.4. The average Bonchev–Trinajstić information content (AvgIpc) is 2.72. The zero-order valence-electron chi connectivity index (χ0n) is 8.76. The van der Waals surface area contributed by atoms with Gasteiger partial charge in [-0.25, -0.2) is 0 Å². The molecule has 0 unspecified atom stereocenters. The van der Waals surface area contributed by atoms with Gasteiger partial charge in [0, 0.05) is 7.05 Å². The summed E-state index contributed by atoms with van der Waals surface area (Å²) < 4.78 is 36.3. The third kappa shape index (κ3) is 2.55. The highest BCUT2D eigenvalue weighted by Crippen LogP contribution is 2.22. The molecule has 0 radical (unpaired) electrons. The van der Waals surface area contributed by atoms with Crippen molar-refractivity contribution in [3.63, 3.8) is 0 Å². The molecule has 0 spiro atoms. The van der Waals surface area contributed by atoms with Gasteiger partial charge in [-0.2, -0.15) is 28.2 Å². The monoisotopic (exact) mass is 246 g/mol. The third-order valence-electron chi connectivity index (χ3n) is 1.99. The second-order valence-corrected chi connectivity index (χ2v) is 3.25. The van der Waals surface area contributed by atoms with E-state index in [9.17, 15) is 13.2 Å². The highest BCUT2D eigenvalue weighted by atomic mass is 19.4. The van der Waals surface area contributed by atoms with Crippen molar-refractivity contribution in [1.29, 1.82) is 0 Å². The van der Waals surface area contributed by atoms with Crippen molar-refractivity contribution in [2.24, 2.45) is 0 Å². The van der Waals surface area contributed by atoms with Crippen LogP contribution in [0.4, 0.5) is 24.9 Å². The molecule has 2 heterocycles. The maximum absolute atomic E-state index is 12.1. The molecule has 0 amide bonds. The molecule has 9 heteroatoms. The summed E-state index contributed by atoms with van der Waals surface area (Å²) in [5.74, 6) is 0.303. The second kappa shape index (κ2) is 4.07. The van der Waals surface area contributed by atoms with Crippen LogP contribution >= 0.6 is 0 Å². The molecule has 6 nitrogen and oxygen atoms in total. The van der Waals surface area contributed by atoms with E-state index in [0.717, 1.165) is 0 Å². The van der Waals surface area contributed by atoms with Crippen LogP contribution in [0.3, 0.4) is 0 Å². The van der Waals surface area contributed by atoms with Crippen molar-refractivity contribution in [1.82, 2.24) is 20.2 Å². The Labute approximate surface area is 93.6 Å². The summed E-state index contributed by atoms with van der Waals surface area (Å²) >= 11 is 0. The van der Waals surface area contributed by atoms with E-state index in [1.54, 1.807) is 7.05 Å². The highest BCUT2D eigenvalue weighted by molar-refractivity contribution is 5.86. The van der Waals surface area contributed by atoms with E-state index in [2.05, 4.69) is 30.8 Å². The van der Waals surface area contributed by atoms with Gasteiger partial charge in [0.2, 0.25) is 5.95 Å². The highest BCUT2D eigenvalue weighted by Gasteiger charge is 2.27. The first-order chi connectivity index (χ1) is 7.99. The quantitative estimate of drug-likeness (QED) is 0.762. The van der Waals surface area contributed by atoms with E-state index in [1.807, 2.05) is 0 Å². The number of halogens is 3. The van der Waals surface area contributed by atoms with E-state index >= 15 is 0 Å². The Morgan fingerprint density at radius 3 is 2.76 bits per heavy atom. The molecule has 0 saturated carbocycles. The number of fused-ring (bicyclic) bond motifs is 1. The van der Waals surface area contributed by atoms with Crippen LogP contribution < -0.4 is 10.6 Å². The van der Waals surface area contributed by atoms with Gasteiger partial charge in [0.1, 0.15) is 12.4 Å². The van der Waals surface area contributed by atoms with Gasteiger partial charge in [-0.3, -0.25) is 5.10 Å². The largest absolute Gasteiger partial charge is 0.405 e. The van der Waals surface area contributed by atoms with E-state index in [4.69, 9.17) is 0 Å². The fourth-order valence-corrected chi connectivity index (χ4v) is 1.27. The van der Waals surface area contributed by atoms with Gasteiger partial charge in [0.05, 0.1) is 11.6 Å². The van der Waals surface area contributed by atoms with E-state index in [-0.39, 0.29) is 11.8 Å². The van der Waals surface area contributed by atoms with E-state index in [1.165, 1.54) is 6.20 Å². The molecule has 0 atom stereocenters. The van der Waals surface area contributed by atoms with Gasteiger partial charge in [0.15, 0.2) is 5.65 Å². The number of rotatable bonds is 3. The van der Waals surface area contributed by atoms with Crippen molar-refractivity contribution in [3.8, 4) is 0 Å². The number of hydrogen-bond acceptors (Lipinski definition) is 5. The lowest BCUT2D eigenvalue weighted by atomic mass is 10.4. The summed E-state index contributed by atoms with van der Waals surface area (Å²) in [5.41, 5.74) is 0.369. The van der Waals surface area contributed by atoms with Crippen molar-refractivity contribution in [2.45, 2.75) is 6.18 Å². The summed E-state index contributed by atoms with van der Waals surface area (Å²) in [7, 11) is 1.57. The second-order valence-electron chi connectivity index (χ2n) is 3.25. The predicted molar refractivity (Wildman–Crippen MR) is 55.8 cm³/mol. The summed E-state index contributed by atoms with van der Waals surface area (Å²) in [6, 6.07) is 0. The lowest BCUT2D eigenvalue weighted by molar-refractivity contribution is -0.115. The van der Waals surface area contributed by atoms with Crippen LogP contribution in [-0.4, -0.2) is 39.9 Å². The first-order valence-electron chi connectivity index (χ1n) is 4.69. The summed E-state index contributed by atoms with van der Waals surface area (Å²) in [6.45, 7) is -1.16. The molecule has 17 heavy (non-hydrogen) atoms. The molecule has 3 N–H and O–H groups in total. The summed E-state index contributed by atoms with van der Waals surface area (Å²) in [4.78, 5) is 7.90. The minimum absolute atomic E-state index is 0.0884. The molecule has 0 bridgehead atoms. The lowest BCUT2D eigenvalue weighted by Crippen LogP contribution is -2.22. The van der Waals surface area contributed by atoms with Crippen molar-refractivity contribution in [2.75, 3.05) is 24.2 Å². The Morgan fingerprint density at radius 2 is 2.12 bits per heavy atom. The lowest BCUT2D eigenvalue weighted by Gasteiger charge is -2.10. The van der Waals surface area contributed by atoms with Crippen LogP contribution in [0.25, 0.3) is 11.0 Å². The molecule has 2 rings (SSSR count). The maximum Gasteiger partial charge on any atom is 0.405 e. The van der Waals surface area contributed by atoms with Gasteiger partial charge >= 0.3 is 6.18 Å². The fourth-order valence-electron chi connectivity index (χ4n) is 1.27. The van der Waals surface area contributed by atoms with E-state index < -0.39 is 12.7 Å². The number of nitrogens with zero attached hydrogens (tertiary/aromatic N) is 3. The number of anilines is 2. The van der Waals surface area contributed by atoms with Crippen LogP contribution in [0.1, 0.15) is 0 Å². The topological polar surface area (TPSA) is 78.5 Å².